The summed E-state index contributed by atoms with van der Waals surface area (Å²) in [7, 11) is 0. The van der Waals surface area contributed by atoms with Gasteiger partial charge in [0.1, 0.15) is 18.2 Å². The summed E-state index contributed by atoms with van der Waals surface area (Å²) in [4.78, 5) is 0. The lowest BCUT2D eigenvalue weighted by Gasteiger charge is -2.08. The van der Waals surface area contributed by atoms with Gasteiger partial charge in [0.15, 0.2) is 0 Å². The molecule has 0 aliphatic heterocycles. The number of hydrogen-bond acceptors (Lipinski definition) is 2. The summed E-state index contributed by atoms with van der Waals surface area (Å²) >= 11 is 0. The Morgan fingerprint density at radius 3 is 1.84 bits per heavy atom. The zero-order chi connectivity index (χ0) is 16.6. The Morgan fingerprint density at radius 2 is 1.24 bits per heavy atom. The molecule has 0 saturated carbocycles. The molecule has 0 aliphatic carbocycles. The largest absolute Gasteiger partial charge is 0.489 e. The lowest BCUT2D eigenvalue weighted by atomic mass is 10.2. The van der Waals surface area contributed by atoms with Crippen molar-refractivity contribution in [2.45, 2.75) is 19.7 Å². The van der Waals surface area contributed by atoms with Gasteiger partial charge in [0.05, 0.1) is 0 Å². The van der Waals surface area contributed by atoms with Crippen molar-refractivity contribution in [3.05, 3.63) is 101 Å². The molecule has 0 radical (unpaired) electrons. The Labute approximate surface area is 154 Å². The van der Waals surface area contributed by atoms with Gasteiger partial charge < -0.3 is 10.1 Å². The van der Waals surface area contributed by atoms with E-state index in [-0.39, 0.29) is 18.2 Å². The Morgan fingerprint density at radius 1 is 0.680 bits per heavy atom. The molecule has 2 nitrogen and oxygen atoms in total. The van der Waals surface area contributed by atoms with E-state index in [1.165, 1.54) is 17.7 Å². The van der Waals surface area contributed by atoms with E-state index < -0.39 is 0 Å². The molecule has 0 spiro atoms. The fourth-order valence-corrected chi connectivity index (χ4v) is 2.40. The summed E-state index contributed by atoms with van der Waals surface area (Å²) in [6, 6.07) is 24.7. The lowest BCUT2D eigenvalue weighted by Crippen LogP contribution is -2.12. The first-order chi connectivity index (χ1) is 11.8. The lowest BCUT2D eigenvalue weighted by molar-refractivity contribution is 0.306. The first kappa shape index (κ1) is 19.0. The maximum absolute atomic E-state index is 12.9. The number of nitrogens with one attached hydrogen (secondary N) is 1. The molecule has 3 rings (SSSR count). The van der Waals surface area contributed by atoms with Gasteiger partial charge in [-0.05, 0) is 41.0 Å². The highest BCUT2D eigenvalue weighted by atomic mass is 35.5. The van der Waals surface area contributed by atoms with Crippen molar-refractivity contribution in [2.75, 3.05) is 0 Å². The number of ether oxygens (including phenoxy) is 1. The summed E-state index contributed by atoms with van der Waals surface area (Å²) in [6.45, 7) is 2.05. The van der Waals surface area contributed by atoms with Crippen LogP contribution in [0.15, 0.2) is 78.9 Å². The molecule has 25 heavy (non-hydrogen) atoms. The van der Waals surface area contributed by atoms with E-state index in [1.807, 2.05) is 42.5 Å². The maximum atomic E-state index is 12.9. The molecule has 0 amide bonds. The predicted octanol–water partition coefficient (Wildman–Crippen LogP) is 5.12. The average Bonchev–Trinajstić information content (AvgIpc) is 2.64. The smallest absolute Gasteiger partial charge is 0.123 e. The van der Waals surface area contributed by atoms with Crippen LogP contribution in [0.5, 0.6) is 5.75 Å². The third-order valence-electron chi connectivity index (χ3n) is 3.74. The van der Waals surface area contributed by atoms with Crippen LogP contribution in [-0.4, -0.2) is 0 Å². The van der Waals surface area contributed by atoms with Crippen molar-refractivity contribution >= 4 is 12.4 Å². The van der Waals surface area contributed by atoms with Crippen molar-refractivity contribution in [2.24, 2.45) is 0 Å². The second-order valence-corrected chi connectivity index (χ2v) is 5.65. The highest BCUT2D eigenvalue weighted by molar-refractivity contribution is 5.85. The molecule has 3 aromatic carbocycles. The Hall–Kier alpha value is -2.36. The number of halogens is 2. The topological polar surface area (TPSA) is 21.3 Å². The minimum absolute atomic E-state index is 0. The van der Waals surface area contributed by atoms with Crippen LogP contribution in [0, 0.1) is 5.82 Å². The van der Waals surface area contributed by atoms with Crippen LogP contribution in [0.4, 0.5) is 4.39 Å². The van der Waals surface area contributed by atoms with Crippen molar-refractivity contribution in [3.63, 3.8) is 0 Å². The molecule has 0 unspecified atom stereocenters. The van der Waals surface area contributed by atoms with E-state index in [2.05, 4.69) is 17.4 Å². The monoisotopic (exact) mass is 357 g/mol. The van der Waals surface area contributed by atoms with Crippen LogP contribution in [0.3, 0.4) is 0 Å². The highest BCUT2D eigenvalue weighted by Crippen LogP contribution is 2.14. The van der Waals surface area contributed by atoms with Gasteiger partial charge in [0, 0.05) is 13.1 Å². The van der Waals surface area contributed by atoms with Gasteiger partial charge in [-0.2, -0.15) is 0 Å². The maximum Gasteiger partial charge on any atom is 0.123 e. The summed E-state index contributed by atoms with van der Waals surface area (Å²) in [5, 5.41) is 3.35. The standard InChI is InChI=1S/C21H20FNO.ClH/c22-20-10-6-17(7-11-20)14-23-15-18-8-12-21(13-9-18)24-16-19-4-2-1-3-5-19;/h1-13,23H,14-16H2;1H. The molecular formula is C21H21ClFNO. The van der Waals surface area contributed by atoms with Gasteiger partial charge in [-0.15, -0.1) is 12.4 Å². The van der Waals surface area contributed by atoms with Crippen LogP contribution in [0.25, 0.3) is 0 Å². The Bertz CT molecular complexity index is 745. The molecule has 3 aromatic rings. The summed E-state index contributed by atoms with van der Waals surface area (Å²) < 4.78 is 18.6. The minimum Gasteiger partial charge on any atom is -0.489 e. The highest BCUT2D eigenvalue weighted by Gasteiger charge is 1.98. The molecule has 0 bridgehead atoms. The van der Waals surface area contributed by atoms with Crippen molar-refractivity contribution < 1.29 is 9.13 Å². The van der Waals surface area contributed by atoms with Crippen LogP contribution >= 0.6 is 12.4 Å². The molecule has 0 saturated heterocycles. The van der Waals surface area contributed by atoms with Crippen LogP contribution < -0.4 is 10.1 Å². The molecule has 1 N–H and O–H groups in total. The van der Waals surface area contributed by atoms with Crippen LogP contribution in [-0.2, 0) is 19.7 Å². The summed E-state index contributed by atoms with van der Waals surface area (Å²) in [5.41, 5.74) is 3.41. The van der Waals surface area contributed by atoms with Crippen LogP contribution in [0.2, 0.25) is 0 Å². The first-order valence-corrected chi connectivity index (χ1v) is 8.00. The molecule has 130 valence electrons. The number of benzene rings is 3. The fraction of sp³-hybridized carbons (Fsp3) is 0.143. The van der Waals surface area contributed by atoms with E-state index in [1.54, 1.807) is 12.1 Å². The normalized spacial score (nSPS) is 10.1. The van der Waals surface area contributed by atoms with E-state index in [0.29, 0.717) is 13.2 Å². The SMILES string of the molecule is Cl.Fc1ccc(CNCc2ccc(OCc3ccccc3)cc2)cc1. The fourth-order valence-electron chi connectivity index (χ4n) is 2.40. The molecule has 4 heteroatoms. The summed E-state index contributed by atoms with van der Waals surface area (Å²) in [6.07, 6.45) is 0. The van der Waals surface area contributed by atoms with E-state index in [0.717, 1.165) is 23.4 Å². The molecule has 0 atom stereocenters. The predicted molar refractivity (Wildman–Crippen MR) is 101 cm³/mol. The van der Waals surface area contributed by atoms with Crippen LogP contribution in [0.1, 0.15) is 16.7 Å². The van der Waals surface area contributed by atoms with Gasteiger partial charge in [-0.1, -0.05) is 54.6 Å². The molecule has 0 fully saturated rings. The third kappa shape index (κ3) is 6.22. The number of hydrogen-bond donors (Lipinski definition) is 1. The van der Waals surface area contributed by atoms with Gasteiger partial charge >= 0.3 is 0 Å². The second kappa shape index (κ2) is 9.82. The van der Waals surface area contributed by atoms with E-state index in [9.17, 15) is 4.39 Å². The van der Waals surface area contributed by atoms with Gasteiger partial charge in [0.25, 0.3) is 0 Å². The minimum atomic E-state index is -0.204. The third-order valence-corrected chi connectivity index (χ3v) is 3.74. The first-order valence-electron chi connectivity index (χ1n) is 8.00. The Kier molecular flexibility index (Phi) is 7.45. The zero-order valence-electron chi connectivity index (χ0n) is 13.8. The molecular weight excluding hydrogens is 337 g/mol. The van der Waals surface area contributed by atoms with E-state index in [4.69, 9.17) is 4.74 Å². The number of rotatable bonds is 7. The second-order valence-electron chi connectivity index (χ2n) is 5.65. The van der Waals surface area contributed by atoms with Crippen molar-refractivity contribution in [1.29, 1.82) is 0 Å². The van der Waals surface area contributed by atoms with Gasteiger partial charge in [-0.3, -0.25) is 0 Å². The Balaban J connectivity index is 0.00000225. The van der Waals surface area contributed by atoms with Gasteiger partial charge in [0.2, 0.25) is 0 Å². The molecule has 0 aliphatic rings. The van der Waals surface area contributed by atoms with Crippen molar-refractivity contribution in [3.8, 4) is 5.75 Å². The zero-order valence-corrected chi connectivity index (χ0v) is 14.6. The van der Waals surface area contributed by atoms with Gasteiger partial charge in [-0.25, -0.2) is 4.39 Å². The summed E-state index contributed by atoms with van der Waals surface area (Å²) in [5.74, 6) is 0.658. The quantitative estimate of drug-likeness (QED) is 0.634. The van der Waals surface area contributed by atoms with E-state index >= 15 is 0 Å². The molecule has 0 aromatic heterocycles. The van der Waals surface area contributed by atoms with Crippen molar-refractivity contribution in [1.82, 2.24) is 5.32 Å². The average molecular weight is 358 g/mol. The molecule has 0 heterocycles.